The van der Waals surface area contributed by atoms with Crippen molar-refractivity contribution < 1.29 is 10.2 Å². The Hall–Kier alpha value is -0.910. The van der Waals surface area contributed by atoms with Gasteiger partial charge >= 0.3 is 0 Å². The Labute approximate surface area is 150 Å². The Morgan fingerprint density at radius 3 is 2.80 bits per heavy atom. The molecule has 2 saturated carbocycles. The molecule has 140 valence electrons. The van der Waals surface area contributed by atoms with E-state index in [1.54, 1.807) is 0 Å². The van der Waals surface area contributed by atoms with Gasteiger partial charge in [0.1, 0.15) is 0 Å². The van der Waals surface area contributed by atoms with E-state index >= 15 is 0 Å². The number of hydrogen-bond donors (Lipinski definition) is 4. The summed E-state index contributed by atoms with van der Waals surface area (Å²) in [5, 5.41) is 27.7. The largest absolute Gasteiger partial charge is 0.396 e. The fourth-order valence-corrected chi connectivity index (χ4v) is 6.81. The summed E-state index contributed by atoms with van der Waals surface area (Å²) < 4.78 is 0. The highest BCUT2D eigenvalue weighted by atomic mass is 16.3. The second-order valence-electron chi connectivity index (χ2n) is 9.36. The van der Waals surface area contributed by atoms with Crippen molar-refractivity contribution in [2.24, 2.45) is 34.8 Å². The zero-order valence-corrected chi connectivity index (χ0v) is 15.5. The molecule has 1 aromatic heterocycles. The van der Waals surface area contributed by atoms with Crippen LogP contribution in [0.2, 0.25) is 0 Å². The molecule has 3 aliphatic rings. The lowest BCUT2D eigenvalue weighted by Gasteiger charge is -2.56. The van der Waals surface area contributed by atoms with Crippen molar-refractivity contribution >= 4 is 0 Å². The van der Waals surface area contributed by atoms with Crippen molar-refractivity contribution in [2.75, 3.05) is 13.2 Å². The van der Waals surface area contributed by atoms with E-state index in [1.807, 2.05) is 6.20 Å². The lowest BCUT2D eigenvalue weighted by Crippen LogP contribution is -2.54. The monoisotopic (exact) mass is 347 g/mol. The minimum absolute atomic E-state index is 0.0773. The number of aromatic amines is 1. The van der Waals surface area contributed by atoms with Gasteiger partial charge in [-0.2, -0.15) is 5.10 Å². The van der Waals surface area contributed by atoms with Gasteiger partial charge in [-0.05, 0) is 79.7 Å². The van der Waals surface area contributed by atoms with E-state index in [-0.39, 0.29) is 29.5 Å². The number of rotatable bonds is 3. The molecule has 7 unspecified atom stereocenters. The van der Waals surface area contributed by atoms with Crippen LogP contribution in [0.5, 0.6) is 0 Å². The van der Waals surface area contributed by atoms with E-state index in [0.29, 0.717) is 24.3 Å². The highest BCUT2D eigenvalue weighted by Gasteiger charge is 2.57. The van der Waals surface area contributed by atoms with Gasteiger partial charge in [0.15, 0.2) is 0 Å². The van der Waals surface area contributed by atoms with Crippen molar-refractivity contribution in [3.8, 4) is 0 Å². The van der Waals surface area contributed by atoms with Gasteiger partial charge in [0, 0.05) is 17.7 Å². The SMILES string of the molecule is CC12CCC(C3(C)CCC(O)CC3CO)C(CN)C1Cc1cn[nH]c12. The van der Waals surface area contributed by atoms with Gasteiger partial charge in [0.05, 0.1) is 12.3 Å². The number of H-pyrrole nitrogens is 1. The van der Waals surface area contributed by atoms with Gasteiger partial charge in [-0.25, -0.2) is 0 Å². The van der Waals surface area contributed by atoms with E-state index in [1.165, 1.54) is 11.3 Å². The number of aromatic nitrogens is 2. The zero-order valence-electron chi connectivity index (χ0n) is 15.5. The summed E-state index contributed by atoms with van der Waals surface area (Å²) in [4.78, 5) is 0. The van der Waals surface area contributed by atoms with Crippen LogP contribution in [0.25, 0.3) is 0 Å². The molecule has 5 N–H and O–H groups in total. The average Bonchev–Trinajstić information content (AvgIpc) is 3.17. The van der Waals surface area contributed by atoms with Crippen LogP contribution < -0.4 is 5.73 Å². The van der Waals surface area contributed by atoms with Crippen molar-refractivity contribution in [1.82, 2.24) is 10.2 Å². The summed E-state index contributed by atoms with van der Waals surface area (Å²) >= 11 is 0. The summed E-state index contributed by atoms with van der Waals surface area (Å²) in [7, 11) is 0. The summed E-state index contributed by atoms with van der Waals surface area (Å²) in [5.41, 5.74) is 9.29. The molecule has 7 atom stereocenters. The van der Waals surface area contributed by atoms with Crippen LogP contribution in [0.3, 0.4) is 0 Å². The molecule has 25 heavy (non-hydrogen) atoms. The molecule has 4 rings (SSSR count). The Kier molecular flexibility index (Phi) is 4.25. The first-order chi connectivity index (χ1) is 11.9. The molecule has 0 spiro atoms. The molecule has 0 bridgehead atoms. The first-order valence-electron chi connectivity index (χ1n) is 9.95. The van der Waals surface area contributed by atoms with Crippen LogP contribution in [-0.4, -0.2) is 39.7 Å². The van der Waals surface area contributed by atoms with Gasteiger partial charge in [-0.1, -0.05) is 13.8 Å². The number of aliphatic hydroxyl groups is 2. The lowest BCUT2D eigenvalue weighted by atomic mass is 9.49. The molecule has 0 aliphatic heterocycles. The van der Waals surface area contributed by atoms with Crippen molar-refractivity contribution in [3.63, 3.8) is 0 Å². The topological polar surface area (TPSA) is 95.2 Å². The van der Waals surface area contributed by atoms with E-state index in [2.05, 4.69) is 24.0 Å². The van der Waals surface area contributed by atoms with Gasteiger partial charge in [0.25, 0.3) is 0 Å². The molecule has 1 aromatic rings. The molecule has 0 amide bonds. The van der Waals surface area contributed by atoms with Gasteiger partial charge in [-0.3, -0.25) is 5.10 Å². The van der Waals surface area contributed by atoms with Crippen LogP contribution in [0.4, 0.5) is 0 Å². The highest BCUT2D eigenvalue weighted by molar-refractivity contribution is 5.35. The molecule has 1 heterocycles. The summed E-state index contributed by atoms with van der Waals surface area (Å²) in [5.74, 6) is 1.73. The predicted octanol–water partition coefficient (Wildman–Crippen LogP) is 1.98. The normalized spacial score (nSPS) is 46.7. The number of nitrogens with zero attached hydrogens (tertiary/aromatic N) is 1. The van der Waals surface area contributed by atoms with E-state index in [4.69, 9.17) is 5.73 Å². The summed E-state index contributed by atoms with van der Waals surface area (Å²) in [6.45, 7) is 5.62. The minimum atomic E-state index is -0.257. The molecule has 0 radical (unpaired) electrons. The first kappa shape index (κ1) is 17.5. The van der Waals surface area contributed by atoms with E-state index in [9.17, 15) is 10.2 Å². The quantitative estimate of drug-likeness (QED) is 0.672. The van der Waals surface area contributed by atoms with Crippen LogP contribution >= 0.6 is 0 Å². The molecular weight excluding hydrogens is 314 g/mol. The minimum Gasteiger partial charge on any atom is -0.396 e. The maximum Gasteiger partial charge on any atom is 0.0544 e. The highest BCUT2D eigenvalue weighted by Crippen LogP contribution is 2.60. The molecule has 5 heteroatoms. The van der Waals surface area contributed by atoms with Crippen molar-refractivity contribution in [1.29, 1.82) is 0 Å². The standard InChI is InChI=1S/C20H33N3O2/c1-19(5-3-14(25)8-13(19)11-24)16-4-6-20(2)17(15(16)9-21)7-12-10-22-23-18(12)20/h10,13-17,24-25H,3-9,11,21H2,1-2H3,(H,22,23). The van der Waals surface area contributed by atoms with Crippen LogP contribution in [0.15, 0.2) is 6.20 Å². The first-order valence-corrected chi connectivity index (χ1v) is 9.95. The average molecular weight is 348 g/mol. The third kappa shape index (κ3) is 2.42. The van der Waals surface area contributed by atoms with E-state index < -0.39 is 0 Å². The molecule has 0 saturated heterocycles. The van der Waals surface area contributed by atoms with Crippen molar-refractivity contribution in [2.45, 2.75) is 63.9 Å². The van der Waals surface area contributed by atoms with Gasteiger partial charge in [-0.15, -0.1) is 0 Å². The Balaban J connectivity index is 1.65. The fraction of sp³-hybridized carbons (Fsp3) is 0.850. The third-order valence-corrected chi connectivity index (χ3v) is 8.40. The summed E-state index contributed by atoms with van der Waals surface area (Å²) in [6, 6.07) is 0. The maximum atomic E-state index is 10.1. The number of aliphatic hydroxyl groups excluding tert-OH is 2. The Morgan fingerprint density at radius 1 is 1.28 bits per heavy atom. The summed E-state index contributed by atoms with van der Waals surface area (Å²) in [6.07, 6.45) is 7.70. The number of nitrogens with two attached hydrogens (primary N) is 1. The fourth-order valence-electron chi connectivity index (χ4n) is 6.81. The zero-order chi connectivity index (χ0) is 17.8. The Bertz CT molecular complexity index is 632. The number of nitrogens with one attached hydrogen (secondary N) is 1. The van der Waals surface area contributed by atoms with Crippen LogP contribution in [0.1, 0.15) is 57.2 Å². The van der Waals surface area contributed by atoms with Gasteiger partial charge in [0.2, 0.25) is 0 Å². The maximum absolute atomic E-state index is 10.1. The predicted molar refractivity (Wildman–Crippen MR) is 96.9 cm³/mol. The number of fused-ring (bicyclic) bond motifs is 3. The van der Waals surface area contributed by atoms with Gasteiger partial charge < -0.3 is 15.9 Å². The van der Waals surface area contributed by atoms with E-state index in [0.717, 1.165) is 38.5 Å². The van der Waals surface area contributed by atoms with Crippen LogP contribution in [-0.2, 0) is 11.8 Å². The molecule has 3 aliphatic carbocycles. The molecular formula is C20H33N3O2. The second-order valence-corrected chi connectivity index (χ2v) is 9.36. The molecule has 2 fully saturated rings. The van der Waals surface area contributed by atoms with Crippen LogP contribution in [0, 0.1) is 29.1 Å². The Morgan fingerprint density at radius 2 is 2.08 bits per heavy atom. The second kappa shape index (κ2) is 6.07. The number of hydrogen-bond acceptors (Lipinski definition) is 4. The molecule has 5 nitrogen and oxygen atoms in total. The molecule has 0 aromatic carbocycles. The smallest absolute Gasteiger partial charge is 0.0544 e. The third-order valence-electron chi connectivity index (χ3n) is 8.40. The lowest BCUT2D eigenvalue weighted by molar-refractivity contribution is -0.0874. The van der Waals surface area contributed by atoms with Crippen molar-refractivity contribution in [3.05, 3.63) is 17.5 Å².